The lowest BCUT2D eigenvalue weighted by Gasteiger charge is -2.12. The number of nitrogens with one attached hydrogen (secondary N) is 2. The molecule has 1 amide bonds. The molecule has 0 atom stereocenters. The Morgan fingerprint density at radius 2 is 2.00 bits per heavy atom. The number of carbonyl (C=O) groups is 1. The van der Waals surface area contributed by atoms with Crippen molar-refractivity contribution in [2.24, 2.45) is 0 Å². The van der Waals surface area contributed by atoms with E-state index in [0.29, 0.717) is 6.54 Å². The van der Waals surface area contributed by atoms with Crippen LogP contribution in [0.5, 0.6) is 0 Å². The van der Waals surface area contributed by atoms with Gasteiger partial charge in [-0.05, 0) is 30.9 Å². The molecule has 0 aliphatic rings. The van der Waals surface area contributed by atoms with E-state index in [-0.39, 0.29) is 34.7 Å². The third-order valence-corrected chi connectivity index (χ3v) is 2.80. The largest absolute Gasteiger partial charge is 0.446 e. The number of hydrogen-bond donors (Lipinski definition) is 2. The lowest BCUT2D eigenvalue weighted by molar-refractivity contribution is -0.116. The van der Waals surface area contributed by atoms with Gasteiger partial charge in [0, 0.05) is 17.9 Å². The van der Waals surface area contributed by atoms with Crippen LogP contribution in [0.3, 0.4) is 0 Å². The summed E-state index contributed by atoms with van der Waals surface area (Å²) in [5.41, 5.74) is -4.19. The molecule has 0 radical (unpaired) electrons. The van der Waals surface area contributed by atoms with E-state index in [2.05, 4.69) is 10.6 Å². The van der Waals surface area contributed by atoms with Crippen molar-refractivity contribution in [1.29, 1.82) is 0 Å². The van der Waals surface area contributed by atoms with E-state index in [1.165, 1.54) is 18.2 Å². The molecule has 1 aromatic rings. The summed E-state index contributed by atoms with van der Waals surface area (Å²) in [5.74, 6) is -0.320. The fraction of sp³-hybridized carbons (Fsp3) is 0.364. The SMILES string of the molecule is CNCCC(=O)Nc1ccccc1SC(F)(F)F. The number of para-hydroxylation sites is 1. The maximum Gasteiger partial charge on any atom is 0.446 e. The van der Waals surface area contributed by atoms with Crippen LogP contribution in [0.15, 0.2) is 29.2 Å². The molecule has 0 fully saturated rings. The van der Waals surface area contributed by atoms with Gasteiger partial charge in [0.25, 0.3) is 0 Å². The summed E-state index contributed by atoms with van der Waals surface area (Å²) < 4.78 is 36.9. The van der Waals surface area contributed by atoms with Gasteiger partial charge in [0.05, 0.1) is 5.69 Å². The average Bonchev–Trinajstić information content (AvgIpc) is 2.27. The van der Waals surface area contributed by atoms with Crippen molar-refractivity contribution in [3.63, 3.8) is 0 Å². The molecule has 0 aromatic heterocycles. The second kappa shape index (κ2) is 6.65. The first-order chi connectivity index (χ1) is 8.42. The first-order valence-corrected chi connectivity index (χ1v) is 6.03. The molecule has 1 rings (SSSR count). The van der Waals surface area contributed by atoms with Crippen LogP contribution >= 0.6 is 11.8 Å². The van der Waals surface area contributed by atoms with Gasteiger partial charge < -0.3 is 10.6 Å². The van der Waals surface area contributed by atoms with Crippen molar-refractivity contribution in [1.82, 2.24) is 5.32 Å². The number of hydrogen-bond acceptors (Lipinski definition) is 3. The van der Waals surface area contributed by atoms with Crippen LogP contribution in [-0.4, -0.2) is 25.0 Å². The summed E-state index contributed by atoms with van der Waals surface area (Å²) in [6.07, 6.45) is 0.210. The molecule has 100 valence electrons. The van der Waals surface area contributed by atoms with Crippen LogP contribution in [0.25, 0.3) is 0 Å². The normalized spacial score (nSPS) is 11.3. The van der Waals surface area contributed by atoms with Gasteiger partial charge in [0.1, 0.15) is 0 Å². The Morgan fingerprint density at radius 1 is 1.33 bits per heavy atom. The van der Waals surface area contributed by atoms with Gasteiger partial charge in [0.15, 0.2) is 0 Å². The number of anilines is 1. The third-order valence-electron chi connectivity index (χ3n) is 1.99. The van der Waals surface area contributed by atoms with Gasteiger partial charge in [-0.2, -0.15) is 13.2 Å². The van der Waals surface area contributed by atoms with Gasteiger partial charge in [-0.25, -0.2) is 0 Å². The Hall–Kier alpha value is -1.21. The molecule has 0 aliphatic carbocycles. The van der Waals surface area contributed by atoms with Crippen molar-refractivity contribution in [3.8, 4) is 0 Å². The van der Waals surface area contributed by atoms with E-state index >= 15 is 0 Å². The minimum atomic E-state index is -4.37. The number of thioether (sulfide) groups is 1. The second-order valence-corrected chi connectivity index (χ2v) is 4.55. The quantitative estimate of drug-likeness (QED) is 0.814. The molecule has 3 nitrogen and oxygen atoms in total. The summed E-state index contributed by atoms with van der Waals surface area (Å²) in [6.45, 7) is 0.473. The van der Waals surface area contributed by atoms with Crippen LogP contribution in [0.1, 0.15) is 6.42 Å². The average molecular weight is 278 g/mol. The highest BCUT2D eigenvalue weighted by Crippen LogP contribution is 2.40. The maximum atomic E-state index is 12.3. The number of halogens is 3. The molecule has 2 N–H and O–H groups in total. The van der Waals surface area contributed by atoms with Crippen LogP contribution in [-0.2, 0) is 4.79 Å². The van der Waals surface area contributed by atoms with Crippen molar-refractivity contribution >= 4 is 23.4 Å². The molecular formula is C11H13F3N2OS. The molecule has 1 aromatic carbocycles. The van der Waals surface area contributed by atoms with E-state index in [0.717, 1.165) is 0 Å². The molecule has 7 heteroatoms. The summed E-state index contributed by atoms with van der Waals surface area (Å²) in [5, 5.41) is 5.26. The summed E-state index contributed by atoms with van der Waals surface area (Å²) in [4.78, 5) is 11.4. The van der Waals surface area contributed by atoms with Gasteiger partial charge in [-0.3, -0.25) is 4.79 Å². The summed E-state index contributed by atoms with van der Waals surface area (Å²) in [7, 11) is 1.70. The molecule has 0 aliphatic heterocycles. The Morgan fingerprint density at radius 3 is 2.61 bits per heavy atom. The van der Waals surface area contributed by atoms with Crippen molar-refractivity contribution < 1.29 is 18.0 Å². The first-order valence-electron chi connectivity index (χ1n) is 5.21. The predicted octanol–water partition coefficient (Wildman–Crippen LogP) is 2.85. The van der Waals surface area contributed by atoms with Crippen LogP contribution in [0, 0.1) is 0 Å². The van der Waals surface area contributed by atoms with Crippen molar-refractivity contribution in [3.05, 3.63) is 24.3 Å². The number of rotatable bonds is 5. The zero-order valence-electron chi connectivity index (χ0n) is 9.67. The molecule has 0 heterocycles. The zero-order valence-corrected chi connectivity index (χ0v) is 10.5. The highest BCUT2D eigenvalue weighted by molar-refractivity contribution is 8.00. The predicted molar refractivity (Wildman–Crippen MR) is 65.5 cm³/mol. The van der Waals surface area contributed by atoms with E-state index in [9.17, 15) is 18.0 Å². The molecular weight excluding hydrogens is 265 g/mol. The highest BCUT2D eigenvalue weighted by atomic mass is 32.2. The minimum absolute atomic E-state index is 0.0113. The first kappa shape index (κ1) is 14.8. The minimum Gasteiger partial charge on any atom is -0.325 e. The Balaban J connectivity index is 2.73. The number of alkyl halides is 3. The second-order valence-electron chi connectivity index (χ2n) is 3.45. The van der Waals surface area contributed by atoms with E-state index in [4.69, 9.17) is 0 Å². The lowest BCUT2D eigenvalue weighted by Crippen LogP contribution is -2.19. The number of amides is 1. The van der Waals surface area contributed by atoms with Crippen molar-refractivity contribution in [2.45, 2.75) is 16.8 Å². The molecule has 0 bridgehead atoms. The third kappa shape index (κ3) is 5.42. The fourth-order valence-corrected chi connectivity index (χ4v) is 1.86. The maximum absolute atomic E-state index is 12.3. The molecule has 0 saturated carbocycles. The van der Waals surface area contributed by atoms with Gasteiger partial charge in [0.2, 0.25) is 5.91 Å². The van der Waals surface area contributed by atoms with Gasteiger partial charge >= 0.3 is 5.51 Å². The number of carbonyl (C=O) groups excluding carboxylic acids is 1. The van der Waals surface area contributed by atoms with Crippen LogP contribution < -0.4 is 10.6 Å². The van der Waals surface area contributed by atoms with E-state index in [1.807, 2.05) is 0 Å². The summed E-state index contributed by atoms with van der Waals surface area (Å²) >= 11 is -0.237. The van der Waals surface area contributed by atoms with Crippen molar-refractivity contribution in [2.75, 3.05) is 18.9 Å². The Kier molecular flexibility index (Phi) is 5.49. The van der Waals surface area contributed by atoms with Gasteiger partial charge in [-0.1, -0.05) is 12.1 Å². The highest BCUT2D eigenvalue weighted by Gasteiger charge is 2.30. The monoisotopic (exact) mass is 278 g/mol. The van der Waals surface area contributed by atoms with Gasteiger partial charge in [-0.15, -0.1) is 0 Å². The topological polar surface area (TPSA) is 41.1 Å². The van der Waals surface area contributed by atoms with Crippen LogP contribution in [0.2, 0.25) is 0 Å². The van der Waals surface area contributed by atoms with E-state index < -0.39 is 5.51 Å². The Labute approximate surface area is 107 Å². The smallest absolute Gasteiger partial charge is 0.325 e. The van der Waals surface area contributed by atoms with Crippen LogP contribution in [0.4, 0.5) is 18.9 Å². The molecule has 18 heavy (non-hydrogen) atoms. The Bertz CT molecular complexity index is 410. The van der Waals surface area contributed by atoms with E-state index in [1.54, 1.807) is 13.1 Å². The zero-order chi connectivity index (χ0) is 13.6. The molecule has 0 spiro atoms. The number of benzene rings is 1. The standard InChI is InChI=1S/C11H13F3N2OS/c1-15-7-6-10(17)16-8-4-2-3-5-9(8)18-11(12,13)14/h2-5,15H,6-7H2,1H3,(H,16,17). The molecule has 0 unspecified atom stereocenters. The summed E-state index contributed by atoms with van der Waals surface area (Å²) in [6, 6.07) is 5.85. The molecule has 0 saturated heterocycles. The fourth-order valence-electron chi connectivity index (χ4n) is 1.23. The lowest BCUT2D eigenvalue weighted by atomic mass is 10.3.